The molecule has 0 aliphatic carbocycles. The van der Waals surface area contributed by atoms with Crippen molar-refractivity contribution >= 4 is 46.8 Å². The molecule has 184 valence electrons. The Morgan fingerprint density at radius 1 is 0.943 bits per heavy atom. The fourth-order valence-electron chi connectivity index (χ4n) is 3.66. The highest BCUT2D eigenvalue weighted by Gasteiger charge is 2.29. The molecule has 2 amide bonds. The number of ether oxygens (including phenoxy) is 1. The van der Waals surface area contributed by atoms with Crippen LogP contribution in [0.3, 0.4) is 0 Å². The SMILES string of the molecule is CNC(=O)C(Cc1ccccc1)N(Cc1cccc(OC)c1)C(=O)CSCc1ccc(Cl)c(Cl)c1. The molecule has 3 aromatic carbocycles. The smallest absolute Gasteiger partial charge is 0.242 e. The van der Waals surface area contributed by atoms with E-state index in [4.69, 9.17) is 27.9 Å². The van der Waals surface area contributed by atoms with Gasteiger partial charge in [-0.2, -0.15) is 0 Å². The number of carbonyl (C=O) groups is 2. The average molecular weight is 532 g/mol. The summed E-state index contributed by atoms with van der Waals surface area (Å²) in [4.78, 5) is 28.1. The van der Waals surface area contributed by atoms with Crippen molar-refractivity contribution in [2.45, 2.75) is 24.8 Å². The number of carbonyl (C=O) groups excluding carboxylic acids is 2. The van der Waals surface area contributed by atoms with E-state index >= 15 is 0 Å². The van der Waals surface area contributed by atoms with Gasteiger partial charge >= 0.3 is 0 Å². The third-order valence-corrected chi connectivity index (χ3v) is 7.21. The number of amides is 2. The topological polar surface area (TPSA) is 58.6 Å². The van der Waals surface area contributed by atoms with Crippen molar-refractivity contribution in [1.82, 2.24) is 10.2 Å². The van der Waals surface area contributed by atoms with Crippen molar-refractivity contribution in [3.63, 3.8) is 0 Å². The van der Waals surface area contributed by atoms with E-state index in [1.165, 1.54) is 11.8 Å². The second-order valence-corrected chi connectivity index (χ2v) is 9.73. The fourth-order valence-corrected chi connectivity index (χ4v) is 4.84. The van der Waals surface area contributed by atoms with Crippen molar-refractivity contribution in [2.24, 2.45) is 0 Å². The van der Waals surface area contributed by atoms with Crippen molar-refractivity contribution in [3.8, 4) is 5.75 Å². The number of likely N-dealkylation sites (N-methyl/N-ethyl adjacent to an activating group) is 1. The molecule has 5 nitrogen and oxygen atoms in total. The highest BCUT2D eigenvalue weighted by atomic mass is 35.5. The molecule has 3 rings (SSSR count). The zero-order valence-corrected chi connectivity index (χ0v) is 22.0. The van der Waals surface area contributed by atoms with E-state index in [9.17, 15) is 9.59 Å². The van der Waals surface area contributed by atoms with Crippen LogP contribution in [0.1, 0.15) is 16.7 Å². The number of halogens is 2. The van der Waals surface area contributed by atoms with Gasteiger partial charge in [0.25, 0.3) is 0 Å². The number of nitrogens with zero attached hydrogens (tertiary/aromatic N) is 1. The second-order valence-electron chi connectivity index (χ2n) is 7.93. The van der Waals surface area contributed by atoms with Crippen LogP contribution in [-0.2, 0) is 28.3 Å². The van der Waals surface area contributed by atoms with E-state index in [0.717, 1.165) is 16.7 Å². The normalized spacial score (nSPS) is 11.5. The van der Waals surface area contributed by atoms with E-state index in [-0.39, 0.29) is 24.1 Å². The van der Waals surface area contributed by atoms with Crippen LogP contribution in [0, 0.1) is 0 Å². The number of nitrogens with one attached hydrogen (secondary N) is 1. The van der Waals surface area contributed by atoms with Gasteiger partial charge < -0.3 is 15.0 Å². The molecule has 8 heteroatoms. The van der Waals surface area contributed by atoms with Crippen molar-refractivity contribution in [3.05, 3.63) is 99.5 Å². The van der Waals surface area contributed by atoms with Crippen LogP contribution in [0.25, 0.3) is 0 Å². The lowest BCUT2D eigenvalue weighted by atomic mass is 10.0. The van der Waals surface area contributed by atoms with Crippen LogP contribution < -0.4 is 10.1 Å². The Balaban J connectivity index is 1.82. The van der Waals surface area contributed by atoms with Crippen LogP contribution >= 0.6 is 35.0 Å². The molecule has 0 fully saturated rings. The van der Waals surface area contributed by atoms with Crippen molar-refractivity contribution in [2.75, 3.05) is 19.9 Å². The highest BCUT2D eigenvalue weighted by Crippen LogP contribution is 2.25. The predicted octanol–water partition coefficient (Wildman–Crippen LogP) is 5.62. The first-order valence-electron chi connectivity index (χ1n) is 11.1. The van der Waals surface area contributed by atoms with Crippen LogP contribution in [0.5, 0.6) is 5.75 Å². The van der Waals surface area contributed by atoms with Crippen LogP contribution in [0.15, 0.2) is 72.8 Å². The summed E-state index contributed by atoms with van der Waals surface area (Å²) in [7, 11) is 3.19. The number of methoxy groups -OCH3 is 1. The molecule has 3 aromatic rings. The summed E-state index contributed by atoms with van der Waals surface area (Å²) >= 11 is 13.6. The molecule has 1 atom stereocenters. The summed E-state index contributed by atoms with van der Waals surface area (Å²) in [5.41, 5.74) is 2.84. The Kier molecular flexibility index (Phi) is 10.3. The lowest BCUT2D eigenvalue weighted by molar-refractivity contribution is -0.139. The number of rotatable bonds is 11. The molecule has 0 aliphatic rings. The molecule has 0 heterocycles. The summed E-state index contributed by atoms with van der Waals surface area (Å²) in [6.07, 6.45) is 0.410. The van der Waals surface area contributed by atoms with Gasteiger partial charge in [-0.3, -0.25) is 9.59 Å². The number of thioether (sulfide) groups is 1. The van der Waals surface area contributed by atoms with Crippen molar-refractivity contribution in [1.29, 1.82) is 0 Å². The van der Waals surface area contributed by atoms with E-state index in [0.29, 0.717) is 28.0 Å². The Morgan fingerprint density at radius 2 is 1.69 bits per heavy atom. The Labute approximate surface area is 220 Å². The van der Waals surface area contributed by atoms with E-state index < -0.39 is 6.04 Å². The predicted molar refractivity (Wildman–Crippen MR) is 144 cm³/mol. The average Bonchev–Trinajstić information content (AvgIpc) is 2.88. The minimum Gasteiger partial charge on any atom is -0.497 e. The van der Waals surface area contributed by atoms with Gasteiger partial charge in [-0.05, 0) is 41.0 Å². The summed E-state index contributed by atoms with van der Waals surface area (Å²) in [5, 5.41) is 3.71. The van der Waals surface area contributed by atoms with Gasteiger partial charge in [0, 0.05) is 25.8 Å². The first-order chi connectivity index (χ1) is 16.9. The molecule has 0 radical (unpaired) electrons. The van der Waals surface area contributed by atoms with Crippen molar-refractivity contribution < 1.29 is 14.3 Å². The van der Waals surface area contributed by atoms with E-state index in [1.807, 2.05) is 60.7 Å². The van der Waals surface area contributed by atoms with Gasteiger partial charge in [0.05, 0.1) is 22.9 Å². The lowest BCUT2D eigenvalue weighted by Gasteiger charge is -2.31. The number of benzene rings is 3. The summed E-state index contributed by atoms with van der Waals surface area (Å²) < 4.78 is 5.35. The van der Waals surface area contributed by atoms with E-state index in [2.05, 4.69) is 5.32 Å². The van der Waals surface area contributed by atoms with Gasteiger partial charge in [0.2, 0.25) is 11.8 Å². The summed E-state index contributed by atoms with van der Waals surface area (Å²) in [5.74, 6) is 1.18. The summed E-state index contributed by atoms with van der Waals surface area (Å²) in [6, 6.07) is 22.0. The minimum absolute atomic E-state index is 0.123. The first kappa shape index (κ1) is 26.9. The summed E-state index contributed by atoms with van der Waals surface area (Å²) in [6.45, 7) is 0.286. The minimum atomic E-state index is -0.660. The molecule has 35 heavy (non-hydrogen) atoms. The molecule has 0 saturated carbocycles. The molecule has 0 aromatic heterocycles. The molecule has 0 aliphatic heterocycles. The van der Waals surface area contributed by atoms with Gasteiger partial charge in [-0.25, -0.2) is 0 Å². The van der Waals surface area contributed by atoms with Gasteiger partial charge in [0.1, 0.15) is 11.8 Å². The molecular formula is C27H28Cl2N2O3S. The maximum absolute atomic E-state index is 13.5. The molecular weight excluding hydrogens is 503 g/mol. The number of hydrogen-bond donors (Lipinski definition) is 1. The largest absolute Gasteiger partial charge is 0.497 e. The zero-order chi connectivity index (χ0) is 25.2. The fraction of sp³-hybridized carbons (Fsp3) is 0.259. The highest BCUT2D eigenvalue weighted by molar-refractivity contribution is 7.99. The molecule has 0 bridgehead atoms. The molecule has 1 unspecified atom stereocenters. The Bertz CT molecular complexity index is 1140. The number of hydrogen-bond acceptors (Lipinski definition) is 4. The Morgan fingerprint density at radius 3 is 2.37 bits per heavy atom. The molecule has 0 saturated heterocycles. The third-order valence-electron chi connectivity index (χ3n) is 5.48. The maximum atomic E-state index is 13.5. The van der Waals surface area contributed by atoms with Crippen LogP contribution in [0.2, 0.25) is 10.0 Å². The van der Waals surface area contributed by atoms with Gasteiger partial charge in [-0.15, -0.1) is 11.8 Å². The first-order valence-corrected chi connectivity index (χ1v) is 13.0. The Hall–Kier alpha value is -2.67. The van der Waals surface area contributed by atoms with Crippen LogP contribution in [-0.4, -0.2) is 42.7 Å². The molecule has 1 N–H and O–H groups in total. The van der Waals surface area contributed by atoms with E-state index in [1.54, 1.807) is 31.2 Å². The van der Waals surface area contributed by atoms with Crippen LogP contribution in [0.4, 0.5) is 0 Å². The second kappa shape index (κ2) is 13.4. The lowest BCUT2D eigenvalue weighted by Crippen LogP contribution is -2.50. The third kappa shape index (κ3) is 7.92. The quantitative estimate of drug-likeness (QED) is 0.349. The zero-order valence-electron chi connectivity index (χ0n) is 19.7. The maximum Gasteiger partial charge on any atom is 0.242 e. The molecule has 0 spiro atoms. The van der Waals surface area contributed by atoms with Gasteiger partial charge in [-0.1, -0.05) is 71.7 Å². The standard InChI is InChI=1S/C27H28Cl2N2O3S/c1-30-27(33)25(15-19-7-4-3-5-8-19)31(16-20-9-6-10-22(13-20)34-2)26(32)18-35-17-21-11-12-23(28)24(29)14-21/h3-14,25H,15-18H2,1-2H3,(H,30,33). The monoisotopic (exact) mass is 530 g/mol. The van der Waals surface area contributed by atoms with Gasteiger partial charge in [0.15, 0.2) is 0 Å².